The number of halogens is 2. The average Bonchev–Trinajstić information content (AvgIpc) is 2.94. The van der Waals surface area contributed by atoms with Crippen LogP contribution in [-0.4, -0.2) is 50.9 Å². The van der Waals surface area contributed by atoms with E-state index >= 15 is 0 Å². The van der Waals surface area contributed by atoms with Gasteiger partial charge in [0.05, 0.1) is 17.2 Å². The van der Waals surface area contributed by atoms with Gasteiger partial charge in [-0.15, -0.1) is 0 Å². The highest BCUT2D eigenvalue weighted by molar-refractivity contribution is 9.10. The van der Waals surface area contributed by atoms with Gasteiger partial charge in [-0.3, -0.25) is 13.9 Å². The van der Waals surface area contributed by atoms with Crippen LogP contribution in [0.15, 0.2) is 82.2 Å². The van der Waals surface area contributed by atoms with Crippen molar-refractivity contribution in [2.45, 2.75) is 45.2 Å². The molecule has 0 radical (unpaired) electrons. The number of anilines is 1. The fourth-order valence-electron chi connectivity index (χ4n) is 4.01. The maximum Gasteiger partial charge on any atom is 0.264 e. The first-order chi connectivity index (χ1) is 19.4. The maximum atomic E-state index is 14.1. The van der Waals surface area contributed by atoms with E-state index in [0.717, 1.165) is 14.3 Å². The van der Waals surface area contributed by atoms with Gasteiger partial charge in [0.2, 0.25) is 11.8 Å². The van der Waals surface area contributed by atoms with Crippen molar-refractivity contribution in [3.8, 4) is 5.75 Å². The number of nitrogens with one attached hydrogen (secondary N) is 1. The third-order valence-corrected chi connectivity index (χ3v) is 8.79. The molecule has 3 aromatic rings. The summed E-state index contributed by atoms with van der Waals surface area (Å²) in [5, 5.41) is 3.26. The Morgan fingerprint density at radius 2 is 1.61 bits per heavy atom. The van der Waals surface area contributed by atoms with Crippen LogP contribution in [0.25, 0.3) is 0 Å². The van der Waals surface area contributed by atoms with Crippen molar-refractivity contribution in [3.63, 3.8) is 0 Å². The second-order valence-corrected chi connectivity index (χ2v) is 13.0. The first kappa shape index (κ1) is 32.4. The van der Waals surface area contributed by atoms with Gasteiger partial charge in [0.25, 0.3) is 10.0 Å². The van der Waals surface area contributed by atoms with E-state index in [9.17, 15) is 18.0 Å². The van der Waals surface area contributed by atoms with Crippen molar-refractivity contribution < 1.29 is 22.7 Å². The maximum absolute atomic E-state index is 14.1. The van der Waals surface area contributed by atoms with Crippen LogP contribution in [0.1, 0.15) is 33.3 Å². The van der Waals surface area contributed by atoms with Gasteiger partial charge in [-0.25, -0.2) is 8.42 Å². The molecule has 0 aliphatic rings. The van der Waals surface area contributed by atoms with E-state index in [4.69, 9.17) is 16.3 Å². The highest BCUT2D eigenvalue weighted by Crippen LogP contribution is 2.33. The first-order valence-electron chi connectivity index (χ1n) is 13.3. The van der Waals surface area contributed by atoms with Crippen LogP contribution in [0, 0.1) is 5.92 Å². The van der Waals surface area contributed by atoms with Crippen molar-refractivity contribution in [3.05, 3.63) is 87.9 Å². The van der Waals surface area contributed by atoms with Crippen LogP contribution >= 0.6 is 27.5 Å². The van der Waals surface area contributed by atoms with Crippen molar-refractivity contribution in [1.82, 2.24) is 10.2 Å². The molecule has 0 fully saturated rings. The Morgan fingerprint density at radius 1 is 0.976 bits per heavy atom. The minimum absolute atomic E-state index is 0.0387. The van der Waals surface area contributed by atoms with Crippen LogP contribution in [0.2, 0.25) is 5.02 Å². The Bertz CT molecular complexity index is 1430. The summed E-state index contributed by atoms with van der Waals surface area (Å²) in [5.74, 6) is -0.352. The van der Waals surface area contributed by atoms with E-state index in [2.05, 4.69) is 21.2 Å². The molecular formula is C30H35BrClN3O5S. The smallest absolute Gasteiger partial charge is 0.264 e. The van der Waals surface area contributed by atoms with Gasteiger partial charge in [-0.2, -0.15) is 0 Å². The quantitative estimate of drug-likeness (QED) is 0.246. The van der Waals surface area contributed by atoms with Crippen LogP contribution in [0.5, 0.6) is 5.75 Å². The Morgan fingerprint density at radius 3 is 2.22 bits per heavy atom. The molecule has 0 aliphatic heterocycles. The molecule has 11 heteroatoms. The molecule has 0 saturated carbocycles. The summed E-state index contributed by atoms with van der Waals surface area (Å²) in [7, 11) is -4.25. The zero-order valence-electron chi connectivity index (χ0n) is 23.5. The predicted molar refractivity (Wildman–Crippen MR) is 166 cm³/mol. The molecule has 0 aliphatic carbocycles. The lowest BCUT2D eigenvalue weighted by atomic mass is 10.1. The Balaban J connectivity index is 2.06. The summed E-state index contributed by atoms with van der Waals surface area (Å²) in [6, 6.07) is 18.9. The Labute approximate surface area is 255 Å². The number of para-hydroxylation sites is 2. The number of sulfonamides is 1. The first-order valence-corrected chi connectivity index (χ1v) is 15.9. The molecule has 0 heterocycles. The molecule has 1 N–H and O–H groups in total. The molecule has 220 valence electrons. The molecule has 8 nitrogen and oxygen atoms in total. The largest absolute Gasteiger partial charge is 0.492 e. The molecule has 0 bridgehead atoms. The number of carbonyl (C=O) groups excluding carboxylic acids is 2. The van der Waals surface area contributed by atoms with Gasteiger partial charge in [-0.1, -0.05) is 65.6 Å². The van der Waals surface area contributed by atoms with Crippen LogP contribution < -0.4 is 14.4 Å². The van der Waals surface area contributed by atoms with E-state index in [-0.39, 0.29) is 29.0 Å². The lowest BCUT2D eigenvalue weighted by molar-refractivity contribution is -0.139. The number of amides is 2. The number of nitrogens with zero attached hydrogens (tertiary/aromatic N) is 2. The number of hydrogen-bond acceptors (Lipinski definition) is 5. The van der Waals surface area contributed by atoms with E-state index in [1.54, 1.807) is 38.1 Å². The lowest BCUT2D eigenvalue weighted by Crippen LogP contribution is -2.51. The molecule has 1 unspecified atom stereocenters. The zero-order chi connectivity index (χ0) is 30.2. The normalized spacial score (nSPS) is 12.1. The van der Waals surface area contributed by atoms with Crippen LogP contribution in [-0.2, 0) is 26.2 Å². The summed E-state index contributed by atoms with van der Waals surface area (Å²) < 4.78 is 35.6. The zero-order valence-corrected chi connectivity index (χ0v) is 26.7. The molecule has 0 aromatic heterocycles. The van der Waals surface area contributed by atoms with Gasteiger partial charge in [0.1, 0.15) is 18.3 Å². The van der Waals surface area contributed by atoms with Crippen molar-refractivity contribution in [2.75, 3.05) is 24.0 Å². The van der Waals surface area contributed by atoms with E-state index in [0.29, 0.717) is 23.9 Å². The second kappa shape index (κ2) is 14.7. The van der Waals surface area contributed by atoms with Crippen molar-refractivity contribution >= 4 is 55.1 Å². The van der Waals surface area contributed by atoms with Gasteiger partial charge in [0.15, 0.2) is 0 Å². The van der Waals surface area contributed by atoms with Crippen molar-refractivity contribution in [1.29, 1.82) is 0 Å². The molecule has 1 atom stereocenters. The van der Waals surface area contributed by atoms with E-state index in [1.165, 1.54) is 29.2 Å². The highest BCUT2D eigenvalue weighted by atomic mass is 79.9. The fourth-order valence-corrected chi connectivity index (χ4v) is 5.82. The number of rotatable bonds is 13. The number of ether oxygens (including phenoxy) is 1. The second-order valence-electron chi connectivity index (χ2n) is 9.83. The molecular weight excluding hydrogens is 630 g/mol. The lowest BCUT2D eigenvalue weighted by Gasteiger charge is -2.32. The summed E-state index contributed by atoms with van der Waals surface area (Å²) in [6.45, 7) is 7.66. The Hall–Kier alpha value is -3.08. The topological polar surface area (TPSA) is 96.0 Å². The number of carbonyl (C=O) groups is 2. The van der Waals surface area contributed by atoms with E-state index < -0.39 is 28.5 Å². The standard InChI is InChI=1S/C30H35BrClN3O5S/c1-5-40-28-9-7-6-8-27(28)35(41(38,39)26-16-14-25(32)15-17-26)20-29(36)34(19-23-10-12-24(31)13-11-23)22(4)30(37)33-18-21(2)3/h6-17,21-22H,5,18-20H2,1-4H3,(H,33,37). The number of benzene rings is 3. The van der Waals surface area contributed by atoms with Crippen LogP contribution in [0.3, 0.4) is 0 Å². The fraction of sp³-hybridized carbons (Fsp3) is 0.333. The average molecular weight is 665 g/mol. The minimum atomic E-state index is -4.25. The minimum Gasteiger partial charge on any atom is -0.492 e. The van der Waals surface area contributed by atoms with Crippen molar-refractivity contribution in [2.24, 2.45) is 5.92 Å². The van der Waals surface area contributed by atoms with Gasteiger partial charge in [-0.05, 0) is 73.9 Å². The molecule has 0 saturated heterocycles. The summed E-state index contributed by atoms with van der Waals surface area (Å²) in [5.41, 5.74) is 0.991. The molecule has 3 aromatic carbocycles. The third-order valence-electron chi connectivity index (χ3n) is 6.23. The molecule has 41 heavy (non-hydrogen) atoms. The number of hydrogen-bond donors (Lipinski definition) is 1. The predicted octanol–water partition coefficient (Wildman–Crippen LogP) is 5.89. The SMILES string of the molecule is CCOc1ccccc1N(CC(=O)N(Cc1ccc(Br)cc1)C(C)C(=O)NCC(C)C)S(=O)(=O)c1ccc(Cl)cc1. The van der Waals surface area contributed by atoms with E-state index in [1.807, 2.05) is 38.1 Å². The summed E-state index contributed by atoms with van der Waals surface area (Å²) in [6.07, 6.45) is 0. The monoisotopic (exact) mass is 663 g/mol. The molecule has 0 spiro atoms. The van der Waals surface area contributed by atoms with Gasteiger partial charge < -0.3 is 15.0 Å². The highest BCUT2D eigenvalue weighted by Gasteiger charge is 2.33. The third kappa shape index (κ3) is 8.70. The Kier molecular flexibility index (Phi) is 11.6. The summed E-state index contributed by atoms with van der Waals surface area (Å²) >= 11 is 9.43. The van der Waals surface area contributed by atoms with Gasteiger partial charge >= 0.3 is 0 Å². The molecule has 3 rings (SSSR count). The molecule has 2 amide bonds. The summed E-state index contributed by atoms with van der Waals surface area (Å²) in [4.78, 5) is 28.5. The van der Waals surface area contributed by atoms with Crippen LogP contribution in [0.4, 0.5) is 5.69 Å². The van der Waals surface area contributed by atoms with Gasteiger partial charge in [0, 0.05) is 22.6 Å².